The van der Waals surface area contributed by atoms with Gasteiger partial charge in [0.15, 0.2) is 0 Å². The number of aliphatic hydroxyl groups is 1. The molecule has 0 amide bonds. The van der Waals surface area contributed by atoms with Crippen LogP contribution in [0.3, 0.4) is 0 Å². The highest BCUT2D eigenvalue weighted by Gasteiger charge is 2.26. The molecule has 140 valence electrons. The van der Waals surface area contributed by atoms with Crippen LogP contribution in [0.5, 0.6) is 0 Å². The van der Waals surface area contributed by atoms with Gasteiger partial charge in [-0.15, -0.1) is 0 Å². The highest BCUT2D eigenvalue weighted by molar-refractivity contribution is 6.09. The Balaban J connectivity index is 2.00. The maximum Gasteiger partial charge on any atom is 0.261 e. The Bertz CT molecular complexity index is 1030. The second-order valence-corrected chi connectivity index (χ2v) is 7.13. The number of rotatable bonds is 2. The number of aliphatic imine (C=N–C) groups is 1. The molecule has 0 aliphatic carbocycles. The summed E-state index contributed by atoms with van der Waals surface area (Å²) in [6.45, 7) is 4.37. The smallest absolute Gasteiger partial charge is 0.261 e. The summed E-state index contributed by atoms with van der Waals surface area (Å²) in [7, 11) is 1.72. The lowest BCUT2D eigenvalue weighted by molar-refractivity contribution is 0.0426. The SMILES string of the molecule is CC/C=C\C(C#Cc1ccc2c(=O)n3c(nc2c1)CCC(C)(O)CC3)=NC. The first-order chi connectivity index (χ1) is 12.9. The highest BCUT2D eigenvalue weighted by atomic mass is 16.3. The van der Waals surface area contributed by atoms with Crippen LogP contribution in [0.4, 0.5) is 0 Å². The molecule has 3 rings (SSSR count). The Hall–Kier alpha value is -2.71. The topological polar surface area (TPSA) is 67.5 Å². The first-order valence-electron chi connectivity index (χ1n) is 9.35. The summed E-state index contributed by atoms with van der Waals surface area (Å²) >= 11 is 0. The van der Waals surface area contributed by atoms with Gasteiger partial charge in [0.1, 0.15) is 11.5 Å². The average Bonchev–Trinajstić information content (AvgIpc) is 2.80. The molecule has 27 heavy (non-hydrogen) atoms. The van der Waals surface area contributed by atoms with Crippen molar-refractivity contribution in [3.63, 3.8) is 0 Å². The van der Waals surface area contributed by atoms with Crippen molar-refractivity contribution in [2.75, 3.05) is 7.05 Å². The Morgan fingerprint density at radius 1 is 1.44 bits per heavy atom. The molecule has 5 heteroatoms. The quantitative estimate of drug-likeness (QED) is 0.659. The van der Waals surface area contributed by atoms with E-state index in [9.17, 15) is 9.90 Å². The van der Waals surface area contributed by atoms with Crippen LogP contribution in [0.15, 0.2) is 40.1 Å². The molecule has 1 aromatic heterocycles. The molecule has 1 aromatic carbocycles. The van der Waals surface area contributed by atoms with Crippen LogP contribution in [-0.2, 0) is 13.0 Å². The Kier molecular flexibility index (Phi) is 5.57. The lowest BCUT2D eigenvalue weighted by Gasteiger charge is -2.19. The average molecular weight is 363 g/mol. The summed E-state index contributed by atoms with van der Waals surface area (Å²) in [5.41, 5.74) is 1.36. The van der Waals surface area contributed by atoms with E-state index in [1.807, 2.05) is 31.2 Å². The summed E-state index contributed by atoms with van der Waals surface area (Å²) < 4.78 is 1.70. The van der Waals surface area contributed by atoms with Crippen LogP contribution < -0.4 is 5.56 Å². The van der Waals surface area contributed by atoms with Gasteiger partial charge in [-0.25, -0.2) is 4.98 Å². The summed E-state index contributed by atoms with van der Waals surface area (Å²) in [5.74, 6) is 6.89. The first-order valence-corrected chi connectivity index (χ1v) is 9.35. The minimum Gasteiger partial charge on any atom is -0.390 e. The summed E-state index contributed by atoms with van der Waals surface area (Å²) in [5, 5.41) is 10.9. The van der Waals surface area contributed by atoms with Gasteiger partial charge < -0.3 is 5.11 Å². The van der Waals surface area contributed by atoms with Crippen LogP contribution in [0.1, 0.15) is 44.5 Å². The molecule has 1 unspecified atom stereocenters. The molecule has 0 saturated carbocycles. The molecule has 0 radical (unpaired) electrons. The van der Waals surface area contributed by atoms with Gasteiger partial charge in [0.25, 0.3) is 5.56 Å². The third kappa shape index (κ3) is 4.35. The lowest BCUT2D eigenvalue weighted by atomic mass is 9.97. The fourth-order valence-corrected chi connectivity index (χ4v) is 3.16. The minimum absolute atomic E-state index is 0.0473. The third-order valence-electron chi connectivity index (χ3n) is 4.88. The lowest BCUT2D eigenvalue weighted by Crippen LogP contribution is -2.27. The zero-order valence-electron chi connectivity index (χ0n) is 16.1. The normalized spacial score (nSPS) is 20.2. The van der Waals surface area contributed by atoms with Crippen molar-refractivity contribution in [3.8, 4) is 11.8 Å². The molecular formula is C22H25N3O2. The fourth-order valence-electron chi connectivity index (χ4n) is 3.16. The van der Waals surface area contributed by atoms with Gasteiger partial charge in [-0.05, 0) is 56.4 Å². The molecule has 1 aliphatic rings. The second kappa shape index (κ2) is 7.89. The second-order valence-electron chi connectivity index (χ2n) is 7.13. The minimum atomic E-state index is -0.759. The number of allylic oxidation sites excluding steroid dienone is 2. The van der Waals surface area contributed by atoms with E-state index in [1.54, 1.807) is 17.7 Å². The number of aromatic nitrogens is 2. The van der Waals surface area contributed by atoms with Gasteiger partial charge in [-0.2, -0.15) is 0 Å². The Labute approximate surface area is 159 Å². The molecule has 1 atom stereocenters. The van der Waals surface area contributed by atoms with Crippen molar-refractivity contribution in [2.45, 2.75) is 51.7 Å². The molecule has 2 aromatic rings. The van der Waals surface area contributed by atoms with Gasteiger partial charge in [0.05, 0.1) is 16.5 Å². The fraction of sp³-hybridized carbons (Fsp3) is 0.409. The van der Waals surface area contributed by atoms with Crippen molar-refractivity contribution >= 4 is 16.6 Å². The van der Waals surface area contributed by atoms with Gasteiger partial charge >= 0.3 is 0 Å². The van der Waals surface area contributed by atoms with Crippen molar-refractivity contribution in [3.05, 3.63) is 52.1 Å². The van der Waals surface area contributed by atoms with Crippen molar-refractivity contribution < 1.29 is 5.11 Å². The molecule has 1 aliphatic heterocycles. The van der Waals surface area contributed by atoms with E-state index in [1.165, 1.54) is 0 Å². The Morgan fingerprint density at radius 2 is 2.26 bits per heavy atom. The molecule has 0 spiro atoms. The standard InChI is InChI=1S/C22H25N3O2/c1-4-5-6-17(23-3)9-7-16-8-10-18-19(15-16)24-20-11-12-22(2,27)13-14-25(20)21(18)26/h5-6,8,10,15,27H,4,11-14H2,1-3H3/b6-5-,23-17?. The predicted molar refractivity (Wildman–Crippen MR) is 109 cm³/mol. The van der Waals surface area contributed by atoms with Crippen LogP contribution in [0, 0.1) is 11.8 Å². The number of benzene rings is 1. The monoisotopic (exact) mass is 363 g/mol. The number of fused-ring (bicyclic) bond motifs is 2. The van der Waals surface area contributed by atoms with Crippen LogP contribution in [0.2, 0.25) is 0 Å². The third-order valence-corrected chi connectivity index (χ3v) is 4.88. The van der Waals surface area contributed by atoms with Crippen LogP contribution in [-0.4, -0.2) is 33.0 Å². The zero-order chi connectivity index (χ0) is 19.4. The zero-order valence-corrected chi connectivity index (χ0v) is 16.1. The predicted octanol–water partition coefficient (Wildman–Crippen LogP) is 2.87. The Morgan fingerprint density at radius 3 is 3.00 bits per heavy atom. The molecular weight excluding hydrogens is 338 g/mol. The maximum atomic E-state index is 12.9. The highest BCUT2D eigenvalue weighted by Crippen LogP contribution is 2.23. The van der Waals surface area contributed by atoms with Gasteiger partial charge in [-0.3, -0.25) is 14.4 Å². The van der Waals surface area contributed by atoms with Gasteiger partial charge in [0.2, 0.25) is 0 Å². The summed E-state index contributed by atoms with van der Waals surface area (Å²) in [6, 6.07) is 5.48. The van der Waals surface area contributed by atoms with E-state index in [-0.39, 0.29) is 5.56 Å². The van der Waals surface area contributed by atoms with Gasteiger partial charge in [0, 0.05) is 25.6 Å². The molecule has 0 saturated heterocycles. The van der Waals surface area contributed by atoms with Crippen molar-refractivity contribution in [2.24, 2.45) is 4.99 Å². The van der Waals surface area contributed by atoms with E-state index in [0.717, 1.165) is 17.8 Å². The van der Waals surface area contributed by atoms with E-state index < -0.39 is 5.60 Å². The van der Waals surface area contributed by atoms with Crippen molar-refractivity contribution in [1.82, 2.24) is 9.55 Å². The largest absolute Gasteiger partial charge is 0.390 e. The van der Waals surface area contributed by atoms with E-state index >= 15 is 0 Å². The summed E-state index contributed by atoms with van der Waals surface area (Å²) in [6.07, 6.45) is 6.60. The molecule has 5 nitrogen and oxygen atoms in total. The van der Waals surface area contributed by atoms with Crippen LogP contribution >= 0.6 is 0 Å². The van der Waals surface area contributed by atoms with E-state index in [4.69, 9.17) is 4.98 Å². The number of hydrogen-bond acceptors (Lipinski definition) is 4. The van der Waals surface area contributed by atoms with E-state index in [2.05, 4.69) is 23.8 Å². The molecule has 0 bridgehead atoms. The van der Waals surface area contributed by atoms with Crippen LogP contribution in [0.25, 0.3) is 10.9 Å². The van der Waals surface area contributed by atoms with Gasteiger partial charge in [-0.1, -0.05) is 18.9 Å². The summed E-state index contributed by atoms with van der Waals surface area (Å²) in [4.78, 5) is 21.7. The van der Waals surface area contributed by atoms with E-state index in [0.29, 0.717) is 42.4 Å². The first kappa shape index (κ1) is 19.1. The van der Waals surface area contributed by atoms with Crippen molar-refractivity contribution in [1.29, 1.82) is 0 Å². The molecule has 1 N–H and O–H groups in total. The number of nitrogens with zero attached hydrogens (tertiary/aromatic N) is 3. The molecule has 2 heterocycles. The number of aryl methyl sites for hydroxylation is 1. The molecule has 0 fully saturated rings. The number of hydrogen-bond donors (Lipinski definition) is 1. The maximum absolute atomic E-state index is 12.9.